The third-order valence-corrected chi connectivity index (χ3v) is 5.83. The van der Waals surface area contributed by atoms with Gasteiger partial charge in [-0.1, -0.05) is 6.07 Å². The third-order valence-electron chi connectivity index (χ3n) is 1.98. The molecule has 0 spiro atoms. The standard InChI is InChI=1S/C9H10N2O2S3/c1-7-6-8(11(10-7)14-2)16(12,13)9-4-3-5-15-9/h3-6H,1-2H3. The van der Waals surface area contributed by atoms with Crippen LogP contribution in [0.5, 0.6) is 0 Å². The minimum atomic E-state index is -3.42. The second kappa shape index (κ2) is 4.23. The van der Waals surface area contributed by atoms with E-state index in [4.69, 9.17) is 0 Å². The van der Waals surface area contributed by atoms with Gasteiger partial charge in [-0.2, -0.15) is 9.19 Å². The van der Waals surface area contributed by atoms with Gasteiger partial charge in [0.2, 0.25) is 9.84 Å². The van der Waals surface area contributed by atoms with Crippen LogP contribution in [0.1, 0.15) is 5.69 Å². The Kier molecular flexibility index (Phi) is 3.09. The molecule has 0 aliphatic carbocycles. The quantitative estimate of drug-likeness (QED) is 0.861. The molecule has 0 saturated carbocycles. The summed E-state index contributed by atoms with van der Waals surface area (Å²) < 4.78 is 26.2. The molecule has 16 heavy (non-hydrogen) atoms. The number of thiophene rings is 1. The highest BCUT2D eigenvalue weighted by Gasteiger charge is 2.24. The molecule has 0 N–H and O–H groups in total. The minimum absolute atomic E-state index is 0.236. The molecule has 2 heterocycles. The molecule has 4 nitrogen and oxygen atoms in total. The van der Waals surface area contributed by atoms with Gasteiger partial charge in [0.25, 0.3) is 0 Å². The highest BCUT2D eigenvalue weighted by molar-refractivity contribution is 7.98. The van der Waals surface area contributed by atoms with E-state index in [-0.39, 0.29) is 5.03 Å². The maximum absolute atomic E-state index is 12.2. The summed E-state index contributed by atoms with van der Waals surface area (Å²) in [5.41, 5.74) is 0.699. The zero-order valence-electron chi connectivity index (χ0n) is 8.75. The molecule has 86 valence electrons. The Labute approximate surface area is 102 Å². The number of nitrogens with zero attached hydrogens (tertiary/aromatic N) is 2. The van der Waals surface area contributed by atoms with E-state index in [1.165, 1.54) is 27.4 Å². The first kappa shape index (κ1) is 11.7. The van der Waals surface area contributed by atoms with Crippen LogP contribution in [0.15, 0.2) is 32.8 Å². The zero-order valence-corrected chi connectivity index (χ0v) is 11.2. The van der Waals surface area contributed by atoms with Crippen molar-refractivity contribution >= 4 is 33.1 Å². The van der Waals surface area contributed by atoms with Gasteiger partial charge in [0, 0.05) is 6.26 Å². The largest absolute Gasteiger partial charge is 0.233 e. The summed E-state index contributed by atoms with van der Waals surface area (Å²) in [5.74, 6) is 0. The number of rotatable bonds is 3. The Bertz CT molecular complexity index is 584. The van der Waals surface area contributed by atoms with Crippen molar-refractivity contribution in [1.29, 1.82) is 0 Å². The van der Waals surface area contributed by atoms with E-state index >= 15 is 0 Å². The lowest BCUT2D eigenvalue weighted by molar-refractivity contribution is 0.592. The van der Waals surface area contributed by atoms with Crippen LogP contribution in [-0.2, 0) is 9.84 Å². The van der Waals surface area contributed by atoms with Gasteiger partial charge in [-0.3, -0.25) is 0 Å². The number of aromatic nitrogens is 2. The first-order valence-electron chi connectivity index (χ1n) is 4.45. The molecule has 0 amide bonds. The Morgan fingerprint density at radius 1 is 1.50 bits per heavy atom. The monoisotopic (exact) mass is 274 g/mol. The Hall–Kier alpha value is -0.790. The van der Waals surface area contributed by atoms with Gasteiger partial charge in [0.15, 0.2) is 5.03 Å². The smallest absolute Gasteiger partial charge is 0.216 e. The molecule has 0 saturated heterocycles. The van der Waals surface area contributed by atoms with Crippen LogP contribution >= 0.6 is 23.3 Å². The summed E-state index contributed by atoms with van der Waals surface area (Å²) in [6.45, 7) is 1.78. The molecule has 2 rings (SSSR count). The number of sulfone groups is 1. The summed E-state index contributed by atoms with van der Waals surface area (Å²) >= 11 is 2.49. The summed E-state index contributed by atoms with van der Waals surface area (Å²) in [7, 11) is -3.42. The van der Waals surface area contributed by atoms with Crippen molar-refractivity contribution in [2.45, 2.75) is 16.2 Å². The van der Waals surface area contributed by atoms with Crippen molar-refractivity contribution in [2.24, 2.45) is 0 Å². The van der Waals surface area contributed by atoms with Gasteiger partial charge in [-0.25, -0.2) is 8.42 Å². The van der Waals surface area contributed by atoms with E-state index in [9.17, 15) is 8.42 Å². The lowest BCUT2D eigenvalue weighted by Gasteiger charge is -2.02. The van der Waals surface area contributed by atoms with Crippen molar-refractivity contribution in [3.63, 3.8) is 0 Å². The first-order chi connectivity index (χ1) is 7.55. The molecule has 0 fully saturated rings. The average molecular weight is 274 g/mol. The van der Waals surface area contributed by atoms with Gasteiger partial charge >= 0.3 is 0 Å². The Balaban J connectivity index is 2.60. The fourth-order valence-electron chi connectivity index (χ4n) is 1.29. The molecule has 2 aromatic heterocycles. The van der Waals surface area contributed by atoms with Gasteiger partial charge in [-0.05, 0) is 36.4 Å². The highest BCUT2D eigenvalue weighted by Crippen LogP contribution is 2.26. The van der Waals surface area contributed by atoms with Crippen molar-refractivity contribution in [2.75, 3.05) is 6.26 Å². The van der Waals surface area contributed by atoms with Crippen LogP contribution in [0.3, 0.4) is 0 Å². The molecule has 7 heteroatoms. The predicted molar refractivity (Wildman–Crippen MR) is 65.6 cm³/mol. The molecule has 2 aromatic rings. The second-order valence-electron chi connectivity index (χ2n) is 3.11. The minimum Gasteiger partial charge on any atom is -0.216 e. The van der Waals surface area contributed by atoms with Crippen molar-refractivity contribution in [3.8, 4) is 0 Å². The molecular weight excluding hydrogens is 264 g/mol. The summed E-state index contributed by atoms with van der Waals surface area (Å²) in [6, 6.07) is 4.92. The highest BCUT2D eigenvalue weighted by atomic mass is 32.2. The van der Waals surface area contributed by atoms with E-state index < -0.39 is 9.84 Å². The maximum Gasteiger partial charge on any atom is 0.233 e. The van der Waals surface area contributed by atoms with Gasteiger partial charge in [0.1, 0.15) is 4.21 Å². The van der Waals surface area contributed by atoms with E-state index in [0.717, 1.165) is 0 Å². The van der Waals surface area contributed by atoms with Gasteiger partial charge < -0.3 is 0 Å². The number of hydrogen-bond acceptors (Lipinski definition) is 5. The number of aryl methyl sites for hydroxylation is 1. The third kappa shape index (κ3) is 1.90. The molecule has 0 unspecified atom stereocenters. The van der Waals surface area contributed by atoms with Crippen LogP contribution < -0.4 is 0 Å². The van der Waals surface area contributed by atoms with E-state index in [0.29, 0.717) is 9.90 Å². The lowest BCUT2D eigenvalue weighted by Crippen LogP contribution is -2.05. The fourth-order valence-corrected chi connectivity index (χ4v) is 4.66. The lowest BCUT2D eigenvalue weighted by atomic mass is 10.5. The van der Waals surface area contributed by atoms with E-state index in [1.807, 2.05) is 0 Å². The molecular formula is C9H10N2O2S3. The summed E-state index contributed by atoms with van der Waals surface area (Å²) in [4.78, 5) is 0. The summed E-state index contributed by atoms with van der Waals surface area (Å²) in [6.07, 6.45) is 1.79. The van der Waals surface area contributed by atoms with Gasteiger partial charge in [-0.15, -0.1) is 11.3 Å². The van der Waals surface area contributed by atoms with Crippen LogP contribution in [-0.4, -0.2) is 23.9 Å². The summed E-state index contributed by atoms with van der Waals surface area (Å²) in [5, 5.41) is 6.10. The van der Waals surface area contributed by atoms with Crippen molar-refractivity contribution in [3.05, 3.63) is 29.3 Å². The average Bonchev–Trinajstić information content (AvgIpc) is 2.85. The molecule has 0 aromatic carbocycles. The SMILES string of the molecule is CSn1nc(C)cc1S(=O)(=O)c1cccs1. The first-order valence-corrected chi connectivity index (χ1v) is 8.00. The van der Waals surface area contributed by atoms with Crippen LogP contribution in [0, 0.1) is 6.92 Å². The van der Waals surface area contributed by atoms with Crippen LogP contribution in [0.2, 0.25) is 0 Å². The van der Waals surface area contributed by atoms with Crippen LogP contribution in [0.4, 0.5) is 0 Å². The topological polar surface area (TPSA) is 52.0 Å². The molecule has 0 aliphatic heterocycles. The van der Waals surface area contributed by atoms with E-state index in [2.05, 4.69) is 5.10 Å². The molecule has 0 aliphatic rings. The second-order valence-corrected chi connectivity index (χ2v) is 6.90. The molecule has 0 bridgehead atoms. The number of hydrogen-bond donors (Lipinski definition) is 0. The maximum atomic E-state index is 12.2. The van der Waals surface area contributed by atoms with Crippen molar-refractivity contribution in [1.82, 2.24) is 9.19 Å². The van der Waals surface area contributed by atoms with E-state index in [1.54, 1.807) is 36.8 Å². The normalized spacial score (nSPS) is 11.9. The van der Waals surface area contributed by atoms with Crippen molar-refractivity contribution < 1.29 is 8.42 Å². The Morgan fingerprint density at radius 3 is 2.81 bits per heavy atom. The van der Waals surface area contributed by atoms with Gasteiger partial charge in [0.05, 0.1) is 5.69 Å². The zero-order chi connectivity index (χ0) is 11.8. The Morgan fingerprint density at radius 2 is 2.25 bits per heavy atom. The van der Waals surface area contributed by atoms with Crippen LogP contribution in [0.25, 0.3) is 0 Å². The predicted octanol–water partition coefficient (Wildman–Crippen LogP) is 2.21. The fraction of sp³-hybridized carbons (Fsp3) is 0.222. The molecule has 0 atom stereocenters. The molecule has 0 radical (unpaired) electrons.